The van der Waals surface area contributed by atoms with Gasteiger partial charge in [0, 0.05) is 17.7 Å². The van der Waals surface area contributed by atoms with E-state index >= 15 is 0 Å². The zero-order valence-electron chi connectivity index (χ0n) is 16.8. The summed E-state index contributed by atoms with van der Waals surface area (Å²) >= 11 is 0. The van der Waals surface area contributed by atoms with Crippen molar-refractivity contribution in [1.82, 2.24) is 5.32 Å². The Kier molecular flexibility index (Phi) is 7.63. The highest BCUT2D eigenvalue weighted by Crippen LogP contribution is 2.13. The number of rotatable bonds is 6. The Morgan fingerprint density at radius 1 is 0.833 bits per heavy atom. The van der Waals surface area contributed by atoms with Gasteiger partial charge in [0.05, 0.1) is 11.4 Å². The molecule has 0 heterocycles. The number of amides is 1. The second-order valence-electron chi connectivity index (χ2n) is 6.37. The summed E-state index contributed by atoms with van der Waals surface area (Å²) in [6.07, 6.45) is 8.04. The summed E-state index contributed by atoms with van der Waals surface area (Å²) in [6.45, 7) is 3.56. The van der Waals surface area contributed by atoms with Crippen LogP contribution in [0.1, 0.15) is 36.2 Å². The molecule has 0 atom stereocenters. The lowest BCUT2D eigenvalue weighted by Gasteiger charge is -2.08. The number of nitrogens with one attached hydrogen (secondary N) is 1. The lowest BCUT2D eigenvalue weighted by atomic mass is 10.1. The molecule has 1 aromatic carbocycles. The van der Waals surface area contributed by atoms with Gasteiger partial charge in [0.15, 0.2) is 0 Å². The number of benzene rings is 1. The Morgan fingerprint density at radius 2 is 1.40 bits per heavy atom. The van der Waals surface area contributed by atoms with E-state index in [1.54, 1.807) is 38.1 Å². The second-order valence-corrected chi connectivity index (χ2v) is 6.37. The van der Waals surface area contributed by atoms with Crippen LogP contribution in [0.5, 0.6) is 0 Å². The fourth-order valence-electron chi connectivity index (χ4n) is 2.42. The average Bonchev–Trinajstić information content (AvgIpc) is 2.95. The quantitative estimate of drug-likeness (QED) is 0.265. The maximum absolute atomic E-state index is 12.6. The lowest BCUT2D eigenvalue weighted by Crippen LogP contribution is -2.22. The minimum atomic E-state index is -0.220. The first-order valence-corrected chi connectivity index (χ1v) is 9.02. The normalized spacial score (nSPS) is 14.2. The Labute approximate surface area is 174 Å². The van der Waals surface area contributed by atoms with Crippen LogP contribution in [0, 0.1) is 0 Å². The number of guanidine groups is 2. The van der Waals surface area contributed by atoms with Gasteiger partial charge >= 0.3 is 0 Å². The van der Waals surface area contributed by atoms with Crippen LogP contribution >= 0.6 is 0 Å². The number of hydrogen-bond acceptors (Lipinski definition) is 5. The molecule has 0 unspecified atom stereocenters. The lowest BCUT2D eigenvalue weighted by molar-refractivity contribution is 0.0965. The molecule has 2 rings (SSSR count). The van der Waals surface area contributed by atoms with Crippen LogP contribution < -0.4 is 28.3 Å². The first kappa shape index (κ1) is 22.1. The molecule has 1 aliphatic rings. The monoisotopic (exact) mass is 407 g/mol. The molecule has 10 heteroatoms. The number of nitrogens with zero attached hydrogens (tertiary/aromatic N) is 4. The summed E-state index contributed by atoms with van der Waals surface area (Å²) in [5.74, 6) is -0.450. The Bertz CT molecular complexity index is 1000. The summed E-state index contributed by atoms with van der Waals surface area (Å²) < 4.78 is 0. The van der Waals surface area contributed by atoms with E-state index in [-0.39, 0.29) is 17.8 Å². The van der Waals surface area contributed by atoms with Gasteiger partial charge in [0.25, 0.3) is 5.91 Å². The van der Waals surface area contributed by atoms with Crippen LogP contribution in [0.4, 0.5) is 0 Å². The summed E-state index contributed by atoms with van der Waals surface area (Å²) in [5.41, 5.74) is 25.3. The largest absolute Gasteiger partial charge is 0.369 e. The van der Waals surface area contributed by atoms with Crippen molar-refractivity contribution in [3.8, 4) is 0 Å². The van der Waals surface area contributed by atoms with E-state index in [1.165, 1.54) is 0 Å². The van der Waals surface area contributed by atoms with Gasteiger partial charge in [-0.25, -0.2) is 0 Å². The fourth-order valence-corrected chi connectivity index (χ4v) is 2.42. The molecule has 0 radical (unpaired) electrons. The van der Waals surface area contributed by atoms with Crippen molar-refractivity contribution in [2.24, 2.45) is 43.3 Å². The van der Waals surface area contributed by atoms with Gasteiger partial charge in [-0.3, -0.25) is 4.79 Å². The molecule has 1 amide bonds. The van der Waals surface area contributed by atoms with Crippen LogP contribution in [0.3, 0.4) is 0 Å². The van der Waals surface area contributed by atoms with Gasteiger partial charge in [-0.15, -0.1) is 10.2 Å². The number of hydrogen-bond donors (Lipinski definition) is 5. The number of nitrogens with two attached hydrogens (primary N) is 4. The number of carbonyl (C=O) groups excluding carboxylic acids is 1. The van der Waals surface area contributed by atoms with Crippen molar-refractivity contribution in [1.29, 1.82) is 0 Å². The highest BCUT2D eigenvalue weighted by atomic mass is 16.1. The van der Waals surface area contributed by atoms with E-state index in [0.29, 0.717) is 23.4 Å². The van der Waals surface area contributed by atoms with E-state index in [9.17, 15) is 4.79 Å². The highest BCUT2D eigenvalue weighted by Gasteiger charge is 2.09. The molecule has 0 aliphatic heterocycles. The van der Waals surface area contributed by atoms with Crippen molar-refractivity contribution in [3.05, 3.63) is 71.0 Å². The highest BCUT2D eigenvalue weighted by molar-refractivity contribution is 6.02. The van der Waals surface area contributed by atoms with Crippen molar-refractivity contribution in [2.45, 2.75) is 20.3 Å². The van der Waals surface area contributed by atoms with Gasteiger partial charge in [-0.05, 0) is 43.2 Å². The second kappa shape index (κ2) is 10.4. The van der Waals surface area contributed by atoms with Crippen molar-refractivity contribution in [3.63, 3.8) is 0 Å². The molecule has 30 heavy (non-hydrogen) atoms. The smallest absolute Gasteiger partial charge is 0.255 e. The third-order valence-electron chi connectivity index (χ3n) is 3.99. The molecule has 0 saturated heterocycles. The Balaban J connectivity index is 2.10. The third kappa shape index (κ3) is 6.75. The molecule has 1 aliphatic carbocycles. The molecule has 0 spiro atoms. The molecule has 9 N–H and O–H groups in total. The first-order valence-electron chi connectivity index (χ1n) is 9.02. The van der Waals surface area contributed by atoms with Crippen LogP contribution in [0.2, 0.25) is 0 Å². The standard InChI is InChI=1S/C20H25N9O/c1-12(26-28-19(21)22)14-4-3-5-17(11-10-14)25-18(30)16-8-6-15(7-9-16)13(2)27-29-20(23)24/h3-4,6-11H,5H2,1-2H3,(H,25,30)(H4,21,22,28)(H4,23,24,29)/b26-12+,27-13+. The molecule has 0 aromatic heterocycles. The summed E-state index contributed by atoms with van der Waals surface area (Å²) in [7, 11) is 0. The summed E-state index contributed by atoms with van der Waals surface area (Å²) in [4.78, 5) is 12.6. The van der Waals surface area contributed by atoms with Gasteiger partial charge in [0.1, 0.15) is 0 Å². The Hall–Kier alpha value is -4.21. The van der Waals surface area contributed by atoms with Crippen molar-refractivity contribution < 1.29 is 4.79 Å². The third-order valence-corrected chi connectivity index (χ3v) is 3.99. The zero-order valence-corrected chi connectivity index (χ0v) is 16.8. The SMILES string of the molecule is C/C(=N\N=C(N)N)C1=CC=C(NC(=O)c2ccc(/C(C)=N/N=C(N)N)cc2)CC=C1. The predicted octanol–water partition coefficient (Wildman–Crippen LogP) is 0.833. The molecule has 0 fully saturated rings. The Morgan fingerprint density at radius 3 is 2.00 bits per heavy atom. The zero-order chi connectivity index (χ0) is 22.1. The molecule has 156 valence electrons. The summed E-state index contributed by atoms with van der Waals surface area (Å²) in [6, 6.07) is 6.97. The van der Waals surface area contributed by atoms with Gasteiger partial charge < -0.3 is 28.3 Å². The van der Waals surface area contributed by atoms with E-state index < -0.39 is 0 Å². The molecule has 0 bridgehead atoms. The number of carbonyl (C=O) groups is 1. The van der Waals surface area contributed by atoms with Gasteiger partial charge in [-0.1, -0.05) is 30.4 Å². The minimum absolute atomic E-state index is 0.111. The van der Waals surface area contributed by atoms with Crippen LogP contribution in [-0.4, -0.2) is 29.2 Å². The number of allylic oxidation sites excluding steroid dienone is 5. The van der Waals surface area contributed by atoms with E-state index in [1.807, 2.05) is 24.3 Å². The predicted molar refractivity (Wildman–Crippen MR) is 121 cm³/mol. The topological polar surface area (TPSA) is 183 Å². The van der Waals surface area contributed by atoms with E-state index in [4.69, 9.17) is 22.9 Å². The van der Waals surface area contributed by atoms with E-state index in [0.717, 1.165) is 16.8 Å². The average molecular weight is 407 g/mol. The maximum Gasteiger partial charge on any atom is 0.255 e. The van der Waals surface area contributed by atoms with Crippen molar-refractivity contribution >= 4 is 29.2 Å². The molecular formula is C20H25N9O. The van der Waals surface area contributed by atoms with Crippen molar-refractivity contribution in [2.75, 3.05) is 0 Å². The molecule has 10 nitrogen and oxygen atoms in total. The van der Waals surface area contributed by atoms with E-state index in [2.05, 4.69) is 25.7 Å². The van der Waals surface area contributed by atoms with Crippen LogP contribution in [-0.2, 0) is 0 Å². The fraction of sp³-hybridized carbons (Fsp3) is 0.150. The van der Waals surface area contributed by atoms with Crippen LogP contribution in [0.15, 0.2) is 80.2 Å². The molecule has 0 saturated carbocycles. The molecule has 1 aromatic rings. The van der Waals surface area contributed by atoms with Crippen LogP contribution in [0.25, 0.3) is 0 Å². The minimum Gasteiger partial charge on any atom is -0.369 e. The molecular weight excluding hydrogens is 382 g/mol. The first-order chi connectivity index (χ1) is 14.3. The maximum atomic E-state index is 12.6. The summed E-state index contributed by atoms with van der Waals surface area (Å²) in [5, 5.41) is 18.0. The van der Waals surface area contributed by atoms with Gasteiger partial charge in [0.2, 0.25) is 11.9 Å². The van der Waals surface area contributed by atoms with Gasteiger partial charge in [-0.2, -0.15) is 10.2 Å².